The summed E-state index contributed by atoms with van der Waals surface area (Å²) in [5.41, 5.74) is 1.56. The monoisotopic (exact) mass is 278 g/mol. The minimum Gasteiger partial charge on any atom is -0.480 e. The van der Waals surface area contributed by atoms with Crippen molar-refractivity contribution in [2.45, 2.75) is 12.5 Å². The van der Waals surface area contributed by atoms with Crippen LogP contribution in [-0.4, -0.2) is 55.4 Å². The van der Waals surface area contributed by atoms with E-state index in [1.165, 1.54) is 9.80 Å². The summed E-state index contributed by atoms with van der Waals surface area (Å²) < 4.78 is 4.94. The molecule has 0 fully saturated rings. The molecule has 1 aromatic rings. The van der Waals surface area contributed by atoms with E-state index in [0.717, 1.165) is 5.56 Å². The number of aliphatic carboxylic acids is 1. The number of amides is 2. The number of urea groups is 1. The number of carbonyl (C=O) groups excluding carboxylic acids is 1. The van der Waals surface area contributed by atoms with Gasteiger partial charge in [-0.15, -0.1) is 0 Å². The van der Waals surface area contributed by atoms with Gasteiger partial charge in [-0.1, -0.05) is 18.2 Å². The first kappa shape index (κ1) is 14.3. The molecule has 2 amide bonds. The van der Waals surface area contributed by atoms with Gasteiger partial charge in [0.25, 0.3) is 0 Å². The van der Waals surface area contributed by atoms with Crippen molar-refractivity contribution in [3.05, 3.63) is 29.8 Å². The van der Waals surface area contributed by atoms with Crippen molar-refractivity contribution in [2.24, 2.45) is 0 Å². The van der Waals surface area contributed by atoms with Crippen LogP contribution in [0.15, 0.2) is 24.3 Å². The zero-order valence-corrected chi connectivity index (χ0v) is 11.6. The van der Waals surface area contributed by atoms with Crippen LogP contribution in [0.5, 0.6) is 0 Å². The number of likely N-dealkylation sites (N-methyl/N-ethyl adjacent to an activating group) is 1. The number of hydrogen-bond donors (Lipinski definition) is 1. The number of benzene rings is 1. The maximum Gasteiger partial charge on any atom is 0.327 e. The zero-order chi connectivity index (χ0) is 14.7. The minimum atomic E-state index is -0.991. The van der Waals surface area contributed by atoms with Crippen LogP contribution in [0, 0.1) is 0 Å². The summed E-state index contributed by atoms with van der Waals surface area (Å²) in [5.74, 6) is -0.991. The predicted molar refractivity (Wildman–Crippen MR) is 74.0 cm³/mol. The van der Waals surface area contributed by atoms with E-state index in [0.29, 0.717) is 25.3 Å². The number of methoxy groups -OCH3 is 1. The number of hydrogen-bond acceptors (Lipinski definition) is 3. The van der Waals surface area contributed by atoms with Gasteiger partial charge < -0.3 is 14.7 Å². The van der Waals surface area contributed by atoms with E-state index in [-0.39, 0.29) is 6.03 Å². The van der Waals surface area contributed by atoms with Gasteiger partial charge in [0, 0.05) is 32.8 Å². The zero-order valence-electron chi connectivity index (χ0n) is 11.6. The molecule has 2 rings (SSSR count). The van der Waals surface area contributed by atoms with E-state index >= 15 is 0 Å². The lowest BCUT2D eigenvalue weighted by Crippen LogP contribution is -2.49. The molecule has 1 aromatic carbocycles. The maximum atomic E-state index is 12.5. The SMILES string of the molecule is COCCN(C)C(=O)N1c2ccccc2CC1C(=O)O. The first-order valence-corrected chi connectivity index (χ1v) is 6.40. The van der Waals surface area contributed by atoms with Crippen LogP contribution in [0.3, 0.4) is 0 Å². The van der Waals surface area contributed by atoms with Crippen LogP contribution in [-0.2, 0) is 16.0 Å². The van der Waals surface area contributed by atoms with Crippen molar-refractivity contribution >= 4 is 17.7 Å². The fourth-order valence-corrected chi connectivity index (χ4v) is 2.33. The second kappa shape index (κ2) is 5.92. The highest BCUT2D eigenvalue weighted by atomic mass is 16.5. The third-order valence-electron chi connectivity index (χ3n) is 3.42. The van der Waals surface area contributed by atoms with Crippen molar-refractivity contribution < 1.29 is 19.4 Å². The average Bonchev–Trinajstić information content (AvgIpc) is 2.83. The molecule has 1 N–H and O–H groups in total. The number of para-hydroxylation sites is 1. The molecule has 1 heterocycles. The summed E-state index contributed by atoms with van der Waals surface area (Å²) >= 11 is 0. The summed E-state index contributed by atoms with van der Waals surface area (Å²) in [6.07, 6.45) is 0.343. The highest BCUT2D eigenvalue weighted by Crippen LogP contribution is 2.32. The number of carboxylic acid groups (broad SMARTS) is 1. The molecule has 6 nitrogen and oxygen atoms in total. The van der Waals surface area contributed by atoms with E-state index in [1.807, 2.05) is 12.1 Å². The molecular weight excluding hydrogens is 260 g/mol. The lowest BCUT2D eigenvalue weighted by atomic mass is 10.1. The first-order valence-electron chi connectivity index (χ1n) is 6.40. The molecule has 108 valence electrons. The van der Waals surface area contributed by atoms with Gasteiger partial charge in [0.15, 0.2) is 0 Å². The summed E-state index contributed by atoms with van der Waals surface area (Å²) in [4.78, 5) is 26.7. The summed E-state index contributed by atoms with van der Waals surface area (Å²) in [5, 5.41) is 9.33. The van der Waals surface area contributed by atoms with Gasteiger partial charge in [-0.25, -0.2) is 9.59 Å². The molecular formula is C14H18N2O4. The number of nitrogens with zero attached hydrogens (tertiary/aromatic N) is 2. The normalized spacial score (nSPS) is 16.9. The van der Waals surface area contributed by atoms with E-state index in [2.05, 4.69) is 0 Å². The standard InChI is InChI=1S/C14H18N2O4/c1-15(7-8-20-2)14(19)16-11-6-4-3-5-10(11)9-12(16)13(17)18/h3-6,12H,7-9H2,1-2H3,(H,17,18). The topological polar surface area (TPSA) is 70.1 Å². The van der Waals surface area contributed by atoms with Crippen molar-refractivity contribution in [1.29, 1.82) is 0 Å². The maximum absolute atomic E-state index is 12.5. The molecule has 0 spiro atoms. The minimum absolute atomic E-state index is 0.320. The van der Waals surface area contributed by atoms with Crippen LogP contribution < -0.4 is 4.90 Å². The smallest absolute Gasteiger partial charge is 0.327 e. The lowest BCUT2D eigenvalue weighted by Gasteiger charge is -2.28. The van der Waals surface area contributed by atoms with Gasteiger partial charge in [-0.3, -0.25) is 4.90 Å². The Bertz CT molecular complexity index is 518. The lowest BCUT2D eigenvalue weighted by molar-refractivity contribution is -0.138. The Morgan fingerprint density at radius 3 is 2.80 bits per heavy atom. The van der Waals surface area contributed by atoms with Crippen LogP contribution in [0.4, 0.5) is 10.5 Å². The quantitative estimate of drug-likeness (QED) is 0.898. The molecule has 1 aliphatic heterocycles. The van der Waals surface area contributed by atoms with Gasteiger partial charge in [0.1, 0.15) is 6.04 Å². The summed E-state index contributed by atoms with van der Waals surface area (Å²) in [6, 6.07) is 6.12. The molecule has 6 heteroatoms. The number of ether oxygens (including phenoxy) is 1. The highest BCUT2D eigenvalue weighted by molar-refractivity contribution is 6.00. The van der Waals surface area contributed by atoms with E-state index in [1.54, 1.807) is 26.3 Å². The Hall–Kier alpha value is -2.08. The van der Waals surface area contributed by atoms with Gasteiger partial charge in [-0.2, -0.15) is 0 Å². The van der Waals surface area contributed by atoms with Crippen LogP contribution in [0.25, 0.3) is 0 Å². The van der Waals surface area contributed by atoms with Crippen LogP contribution in [0.2, 0.25) is 0 Å². The van der Waals surface area contributed by atoms with Crippen molar-refractivity contribution in [1.82, 2.24) is 4.90 Å². The summed E-state index contributed by atoms with van der Waals surface area (Å²) in [6.45, 7) is 0.829. The van der Waals surface area contributed by atoms with E-state index in [9.17, 15) is 14.7 Å². The fraction of sp³-hybridized carbons (Fsp3) is 0.429. The molecule has 20 heavy (non-hydrogen) atoms. The Morgan fingerprint density at radius 2 is 2.15 bits per heavy atom. The summed E-state index contributed by atoms with van der Waals surface area (Å²) in [7, 11) is 3.20. The van der Waals surface area contributed by atoms with Crippen molar-refractivity contribution in [2.75, 3.05) is 32.2 Å². The first-order chi connectivity index (χ1) is 9.56. The average molecular weight is 278 g/mol. The second-order valence-electron chi connectivity index (χ2n) is 4.75. The number of rotatable bonds is 4. The molecule has 0 radical (unpaired) electrons. The largest absolute Gasteiger partial charge is 0.480 e. The Kier molecular flexibility index (Phi) is 4.24. The van der Waals surface area contributed by atoms with Gasteiger partial charge >= 0.3 is 12.0 Å². The molecule has 1 aliphatic rings. The number of anilines is 1. The Labute approximate surface area is 117 Å². The molecule has 0 bridgehead atoms. The highest BCUT2D eigenvalue weighted by Gasteiger charge is 2.39. The van der Waals surface area contributed by atoms with Gasteiger partial charge in [0.05, 0.1) is 6.61 Å². The Morgan fingerprint density at radius 1 is 1.45 bits per heavy atom. The van der Waals surface area contributed by atoms with Crippen LogP contribution in [0.1, 0.15) is 5.56 Å². The number of fused-ring (bicyclic) bond motifs is 1. The second-order valence-corrected chi connectivity index (χ2v) is 4.75. The predicted octanol–water partition coefficient (Wildman–Crippen LogP) is 1.20. The third-order valence-corrected chi connectivity index (χ3v) is 3.42. The molecule has 1 unspecified atom stereocenters. The van der Waals surface area contributed by atoms with Gasteiger partial charge in [-0.05, 0) is 11.6 Å². The molecule has 0 saturated carbocycles. The molecule has 0 saturated heterocycles. The molecule has 0 aromatic heterocycles. The third kappa shape index (κ3) is 2.60. The van der Waals surface area contributed by atoms with E-state index < -0.39 is 12.0 Å². The van der Waals surface area contributed by atoms with Crippen molar-refractivity contribution in [3.63, 3.8) is 0 Å². The fourth-order valence-electron chi connectivity index (χ4n) is 2.33. The van der Waals surface area contributed by atoms with Gasteiger partial charge in [0.2, 0.25) is 0 Å². The number of carbonyl (C=O) groups is 2. The molecule has 0 aliphatic carbocycles. The Balaban J connectivity index is 2.26. The van der Waals surface area contributed by atoms with Crippen molar-refractivity contribution in [3.8, 4) is 0 Å². The van der Waals surface area contributed by atoms with Crippen LogP contribution >= 0.6 is 0 Å². The van der Waals surface area contributed by atoms with E-state index in [4.69, 9.17) is 4.74 Å². The number of carboxylic acids is 1. The molecule has 1 atom stereocenters.